The van der Waals surface area contributed by atoms with E-state index in [2.05, 4.69) is 27.0 Å². The maximum atomic E-state index is 5.45. The molecular weight excluding hydrogens is 238 g/mol. The number of aromatic nitrogens is 2. The van der Waals surface area contributed by atoms with Crippen molar-refractivity contribution in [3.63, 3.8) is 0 Å². The number of anilines is 2. The molecule has 1 aliphatic rings. The lowest BCUT2D eigenvalue weighted by molar-refractivity contribution is 0.0863. The van der Waals surface area contributed by atoms with Crippen molar-refractivity contribution in [1.82, 2.24) is 9.97 Å². The molecule has 0 spiro atoms. The number of benzene rings is 1. The number of hydrogen-bond acceptors (Lipinski definition) is 4. The highest BCUT2D eigenvalue weighted by molar-refractivity contribution is 5.57. The minimum absolute atomic E-state index is 0.401. The van der Waals surface area contributed by atoms with E-state index < -0.39 is 0 Å². The van der Waals surface area contributed by atoms with Gasteiger partial charge in [-0.3, -0.25) is 0 Å². The normalized spacial score (nSPS) is 16.2. The molecule has 98 valence electrons. The highest BCUT2D eigenvalue weighted by Crippen LogP contribution is 2.28. The van der Waals surface area contributed by atoms with Crippen LogP contribution in [0.3, 0.4) is 0 Å². The molecule has 19 heavy (non-hydrogen) atoms. The molecule has 0 saturated carbocycles. The quantitative estimate of drug-likeness (QED) is 0.845. The Bertz CT molecular complexity index is 458. The maximum Gasteiger partial charge on any atom is 0.230 e. The molecule has 1 fully saturated rings. The van der Waals surface area contributed by atoms with Gasteiger partial charge in [-0.2, -0.15) is 0 Å². The van der Waals surface area contributed by atoms with Gasteiger partial charge in [0.25, 0.3) is 0 Å². The van der Waals surface area contributed by atoms with Crippen molar-refractivity contribution in [2.75, 3.05) is 18.1 Å². The lowest BCUT2D eigenvalue weighted by atomic mass is 10.1. The van der Waals surface area contributed by atoms with Crippen molar-refractivity contribution >= 4 is 11.6 Å². The molecule has 0 bridgehead atoms. The molecular formula is C15H17N3O. The van der Waals surface area contributed by atoms with Crippen molar-refractivity contribution in [2.45, 2.75) is 18.9 Å². The minimum atomic E-state index is 0.401. The van der Waals surface area contributed by atoms with Crippen LogP contribution in [0.25, 0.3) is 0 Å². The first-order valence-electron chi connectivity index (χ1n) is 6.64. The average molecular weight is 255 g/mol. The second-order valence-electron chi connectivity index (χ2n) is 4.60. The van der Waals surface area contributed by atoms with Crippen molar-refractivity contribution in [2.24, 2.45) is 0 Å². The van der Waals surface area contributed by atoms with E-state index in [0.29, 0.717) is 6.04 Å². The molecule has 0 radical (unpaired) electrons. The van der Waals surface area contributed by atoms with E-state index in [1.54, 1.807) is 12.4 Å². The first-order valence-corrected chi connectivity index (χ1v) is 6.64. The monoisotopic (exact) mass is 255 g/mol. The summed E-state index contributed by atoms with van der Waals surface area (Å²) in [6.45, 7) is 1.61. The molecule has 1 aromatic carbocycles. The fourth-order valence-corrected chi connectivity index (χ4v) is 2.44. The van der Waals surface area contributed by atoms with E-state index in [0.717, 1.165) is 37.7 Å². The summed E-state index contributed by atoms with van der Waals surface area (Å²) < 4.78 is 5.45. The predicted octanol–water partition coefficient (Wildman–Crippen LogP) is 2.79. The lowest BCUT2D eigenvalue weighted by Crippen LogP contribution is -2.37. The number of hydrogen-bond donors (Lipinski definition) is 0. The summed E-state index contributed by atoms with van der Waals surface area (Å²) in [5.41, 5.74) is 1.14. The van der Waals surface area contributed by atoms with Crippen LogP contribution in [0.1, 0.15) is 12.8 Å². The Morgan fingerprint density at radius 2 is 1.63 bits per heavy atom. The standard InChI is InChI=1S/C15H17N3O/c1-2-5-13(6-3-1)18(14-7-11-19-12-8-14)15-16-9-4-10-17-15/h1-6,9-10,14H,7-8,11-12H2. The Hall–Kier alpha value is -1.94. The van der Waals surface area contributed by atoms with E-state index in [1.165, 1.54) is 0 Å². The Morgan fingerprint density at radius 3 is 2.32 bits per heavy atom. The van der Waals surface area contributed by atoms with Gasteiger partial charge in [0.05, 0.1) is 0 Å². The Balaban J connectivity index is 1.96. The largest absolute Gasteiger partial charge is 0.381 e. The van der Waals surface area contributed by atoms with Gasteiger partial charge >= 0.3 is 0 Å². The van der Waals surface area contributed by atoms with Crippen LogP contribution in [0.4, 0.5) is 11.6 Å². The molecule has 3 rings (SSSR count). The van der Waals surface area contributed by atoms with E-state index >= 15 is 0 Å². The van der Waals surface area contributed by atoms with Crippen LogP contribution >= 0.6 is 0 Å². The summed E-state index contributed by atoms with van der Waals surface area (Å²) in [7, 11) is 0. The summed E-state index contributed by atoms with van der Waals surface area (Å²) >= 11 is 0. The summed E-state index contributed by atoms with van der Waals surface area (Å²) in [6, 6.07) is 12.6. The highest BCUT2D eigenvalue weighted by Gasteiger charge is 2.24. The van der Waals surface area contributed by atoms with Crippen molar-refractivity contribution in [3.8, 4) is 0 Å². The Kier molecular flexibility index (Phi) is 3.70. The van der Waals surface area contributed by atoms with Gasteiger partial charge in [-0.05, 0) is 31.0 Å². The molecule has 0 atom stereocenters. The first kappa shape index (κ1) is 12.1. The molecule has 4 heteroatoms. The van der Waals surface area contributed by atoms with Crippen LogP contribution in [0.5, 0.6) is 0 Å². The molecule has 0 N–H and O–H groups in total. The van der Waals surface area contributed by atoms with Gasteiger partial charge in [-0.25, -0.2) is 9.97 Å². The van der Waals surface area contributed by atoms with Crippen LogP contribution in [-0.2, 0) is 4.74 Å². The average Bonchev–Trinajstić information content (AvgIpc) is 2.51. The van der Waals surface area contributed by atoms with Gasteiger partial charge in [-0.15, -0.1) is 0 Å². The molecule has 2 heterocycles. The third-order valence-corrected chi connectivity index (χ3v) is 3.36. The third kappa shape index (κ3) is 2.74. The Morgan fingerprint density at radius 1 is 0.947 bits per heavy atom. The topological polar surface area (TPSA) is 38.2 Å². The molecule has 0 aliphatic carbocycles. The molecule has 1 aliphatic heterocycles. The van der Waals surface area contributed by atoms with Crippen molar-refractivity contribution in [1.29, 1.82) is 0 Å². The summed E-state index contributed by atoms with van der Waals surface area (Å²) in [6.07, 6.45) is 5.59. The first-order chi connectivity index (χ1) is 9.45. The number of para-hydroxylation sites is 1. The van der Waals surface area contributed by atoms with Gasteiger partial charge in [0.15, 0.2) is 0 Å². The van der Waals surface area contributed by atoms with Crippen molar-refractivity contribution < 1.29 is 4.74 Å². The second-order valence-corrected chi connectivity index (χ2v) is 4.60. The maximum absolute atomic E-state index is 5.45. The zero-order valence-electron chi connectivity index (χ0n) is 10.8. The molecule has 0 amide bonds. The molecule has 2 aromatic rings. The highest BCUT2D eigenvalue weighted by atomic mass is 16.5. The van der Waals surface area contributed by atoms with Crippen LogP contribution < -0.4 is 4.90 Å². The van der Waals surface area contributed by atoms with E-state index in [-0.39, 0.29) is 0 Å². The van der Waals surface area contributed by atoms with Crippen LogP contribution in [-0.4, -0.2) is 29.2 Å². The van der Waals surface area contributed by atoms with E-state index in [4.69, 9.17) is 4.74 Å². The van der Waals surface area contributed by atoms with E-state index in [9.17, 15) is 0 Å². The van der Waals surface area contributed by atoms with Gasteiger partial charge in [0.2, 0.25) is 5.95 Å². The smallest absolute Gasteiger partial charge is 0.230 e. The van der Waals surface area contributed by atoms with Gasteiger partial charge in [-0.1, -0.05) is 18.2 Å². The molecule has 1 saturated heterocycles. The number of nitrogens with zero attached hydrogens (tertiary/aromatic N) is 3. The van der Waals surface area contributed by atoms with Gasteiger partial charge in [0, 0.05) is 37.3 Å². The third-order valence-electron chi connectivity index (χ3n) is 3.36. The molecule has 4 nitrogen and oxygen atoms in total. The van der Waals surface area contributed by atoms with Gasteiger partial charge in [0.1, 0.15) is 0 Å². The zero-order valence-corrected chi connectivity index (χ0v) is 10.8. The van der Waals surface area contributed by atoms with E-state index in [1.807, 2.05) is 24.3 Å². The molecule has 1 aromatic heterocycles. The van der Waals surface area contributed by atoms with Crippen LogP contribution in [0, 0.1) is 0 Å². The number of rotatable bonds is 3. The fraction of sp³-hybridized carbons (Fsp3) is 0.333. The summed E-state index contributed by atoms with van der Waals surface area (Å²) in [5.74, 6) is 0.764. The van der Waals surface area contributed by atoms with Gasteiger partial charge < -0.3 is 9.64 Å². The van der Waals surface area contributed by atoms with Crippen LogP contribution in [0.15, 0.2) is 48.8 Å². The second kappa shape index (κ2) is 5.80. The Labute approximate surface area is 113 Å². The summed E-state index contributed by atoms with van der Waals surface area (Å²) in [5, 5.41) is 0. The predicted molar refractivity (Wildman–Crippen MR) is 74.5 cm³/mol. The summed E-state index contributed by atoms with van der Waals surface area (Å²) in [4.78, 5) is 11.0. The fourth-order valence-electron chi connectivity index (χ4n) is 2.44. The lowest BCUT2D eigenvalue weighted by Gasteiger charge is -2.34. The molecule has 0 unspecified atom stereocenters. The zero-order chi connectivity index (χ0) is 12.9. The SMILES string of the molecule is c1ccc(N(c2ncccn2)C2CCOCC2)cc1. The van der Waals surface area contributed by atoms with Crippen molar-refractivity contribution in [3.05, 3.63) is 48.8 Å². The number of ether oxygens (including phenoxy) is 1. The minimum Gasteiger partial charge on any atom is -0.381 e. The van der Waals surface area contributed by atoms with Crippen LogP contribution in [0.2, 0.25) is 0 Å².